The first-order valence-corrected chi connectivity index (χ1v) is 7.53. The third-order valence-corrected chi connectivity index (χ3v) is 5.00. The van der Waals surface area contributed by atoms with Gasteiger partial charge in [0.05, 0.1) is 5.69 Å². The molecule has 1 aliphatic carbocycles. The van der Waals surface area contributed by atoms with Crippen LogP contribution in [0.15, 0.2) is 6.07 Å². The molecule has 0 atom stereocenters. The van der Waals surface area contributed by atoms with E-state index in [0.717, 1.165) is 17.6 Å². The van der Waals surface area contributed by atoms with Gasteiger partial charge < -0.3 is 5.32 Å². The van der Waals surface area contributed by atoms with Crippen molar-refractivity contribution in [1.29, 1.82) is 0 Å². The predicted octanol–water partition coefficient (Wildman–Crippen LogP) is 2.41. The molecule has 0 aliphatic heterocycles. The zero-order chi connectivity index (χ0) is 13.2. The maximum Gasteiger partial charge on any atom is 0.269 e. The van der Waals surface area contributed by atoms with E-state index in [1.54, 1.807) is 11.7 Å². The number of rotatable bonds is 4. The van der Waals surface area contributed by atoms with E-state index in [2.05, 4.69) is 26.3 Å². The number of amides is 1. The number of hydrogen-bond donors (Lipinski definition) is 1. The fraction of sp³-hybridized carbons (Fsp3) is 0.692. The molecule has 1 aromatic rings. The monoisotopic (exact) mass is 313 g/mol. The first-order valence-electron chi connectivity index (χ1n) is 6.41. The number of aryl methyl sites for hydroxylation is 2. The molecule has 0 radical (unpaired) electrons. The van der Waals surface area contributed by atoms with Gasteiger partial charge in [0.2, 0.25) is 0 Å². The van der Waals surface area contributed by atoms with E-state index < -0.39 is 0 Å². The van der Waals surface area contributed by atoms with Crippen LogP contribution >= 0.6 is 15.9 Å². The summed E-state index contributed by atoms with van der Waals surface area (Å²) in [5, 5.41) is 8.22. The highest BCUT2D eigenvalue weighted by Gasteiger charge is 2.33. The van der Waals surface area contributed by atoms with Gasteiger partial charge in [-0.1, -0.05) is 28.8 Å². The molecule has 1 N–H and O–H groups in total. The van der Waals surface area contributed by atoms with Gasteiger partial charge in [-0.2, -0.15) is 5.10 Å². The highest BCUT2D eigenvalue weighted by molar-refractivity contribution is 9.09. The minimum Gasteiger partial charge on any atom is -0.350 e. The second kappa shape index (κ2) is 5.43. The summed E-state index contributed by atoms with van der Waals surface area (Å²) in [4.78, 5) is 12.1. The molecule has 4 nitrogen and oxygen atoms in total. The molecular weight excluding hydrogens is 294 g/mol. The minimum absolute atomic E-state index is 0.0228. The Hall–Kier alpha value is -0.840. The number of aromatic nitrogens is 2. The summed E-state index contributed by atoms with van der Waals surface area (Å²) < 4.78 is 1.64. The van der Waals surface area contributed by atoms with E-state index in [1.165, 1.54) is 25.7 Å². The molecule has 1 heterocycles. The van der Waals surface area contributed by atoms with Crippen LogP contribution in [0.1, 0.15) is 41.9 Å². The molecule has 2 rings (SSSR count). The molecule has 0 bridgehead atoms. The summed E-state index contributed by atoms with van der Waals surface area (Å²) in [6, 6.07) is 1.82. The van der Waals surface area contributed by atoms with E-state index in [4.69, 9.17) is 0 Å². The molecule has 0 aromatic carbocycles. The quantitative estimate of drug-likeness (QED) is 0.868. The van der Waals surface area contributed by atoms with Crippen molar-refractivity contribution in [2.24, 2.45) is 12.5 Å². The fourth-order valence-corrected chi connectivity index (χ4v) is 3.42. The maximum atomic E-state index is 12.1. The highest BCUT2D eigenvalue weighted by atomic mass is 79.9. The van der Waals surface area contributed by atoms with Gasteiger partial charge >= 0.3 is 0 Å². The summed E-state index contributed by atoms with van der Waals surface area (Å²) >= 11 is 3.59. The van der Waals surface area contributed by atoms with Gasteiger partial charge in [0.25, 0.3) is 5.91 Å². The summed E-state index contributed by atoms with van der Waals surface area (Å²) in [5.41, 5.74) is 1.76. The first kappa shape index (κ1) is 13.6. The largest absolute Gasteiger partial charge is 0.350 e. The Morgan fingerprint density at radius 1 is 1.56 bits per heavy atom. The lowest BCUT2D eigenvalue weighted by Crippen LogP contribution is -2.37. The van der Waals surface area contributed by atoms with Gasteiger partial charge in [0.15, 0.2) is 0 Å². The van der Waals surface area contributed by atoms with Crippen molar-refractivity contribution in [1.82, 2.24) is 15.1 Å². The molecule has 0 unspecified atom stereocenters. The average molecular weight is 314 g/mol. The Balaban J connectivity index is 1.98. The molecule has 100 valence electrons. The fourth-order valence-electron chi connectivity index (χ4n) is 2.66. The van der Waals surface area contributed by atoms with E-state index in [1.807, 2.05) is 13.0 Å². The van der Waals surface area contributed by atoms with E-state index >= 15 is 0 Å². The second-order valence-corrected chi connectivity index (χ2v) is 5.88. The smallest absolute Gasteiger partial charge is 0.269 e. The Labute approximate surface area is 116 Å². The van der Waals surface area contributed by atoms with Crippen molar-refractivity contribution < 1.29 is 4.79 Å². The predicted molar refractivity (Wildman–Crippen MR) is 75.0 cm³/mol. The average Bonchev–Trinajstić information content (AvgIpc) is 2.94. The van der Waals surface area contributed by atoms with Crippen LogP contribution in [0.2, 0.25) is 0 Å². The van der Waals surface area contributed by atoms with Crippen LogP contribution in [-0.4, -0.2) is 27.6 Å². The number of halogens is 1. The normalized spacial score (nSPS) is 17.9. The third-order valence-electron chi connectivity index (χ3n) is 3.81. The molecule has 5 heteroatoms. The van der Waals surface area contributed by atoms with Gasteiger partial charge in [0, 0.05) is 18.9 Å². The van der Waals surface area contributed by atoms with Crippen molar-refractivity contribution in [2.75, 3.05) is 11.9 Å². The number of alkyl halides is 1. The van der Waals surface area contributed by atoms with Gasteiger partial charge in [-0.25, -0.2) is 0 Å². The lowest BCUT2D eigenvalue weighted by molar-refractivity contribution is 0.0926. The molecular formula is C13H20BrN3O. The molecule has 1 aromatic heterocycles. The number of carbonyl (C=O) groups is 1. The van der Waals surface area contributed by atoms with Crippen molar-refractivity contribution in [2.45, 2.75) is 32.6 Å². The topological polar surface area (TPSA) is 46.9 Å². The molecule has 0 spiro atoms. The van der Waals surface area contributed by atoms with Crippen molar-refractivity contribution in [3.05, 3.63) is 17.5 Å². The number of hydrogen-bond acceptors (Lipinski definition) is 2. The van der Waals surface area contributed by atoms with Crippen LogP contribution in [-0.2, 0) is 7.05 Å². The van der Waals surface area contributed by atoms with Crippen LogP contribution in [0.5, 0.6) is 0 Å². The van der Waals surface area contributed by atoms with Crippen LogP contribution < -0.4 is 5.32 Å². The van der Waals surface area contributed by atoms with Crippen molar-refractivity contribution >= 4 is 21.8 Å². The van der Waals surface area contributed by atoms with Gasteiger partial charge in [0.1, 0.15) is 5.69 Å². The second-order valence-electron chi connectivity index (χ2n) is 5.32. The lowest BCUT2D eigenvalue weighted by Gasteiger charge is -2.26. The summed E-state index contributed by atoms with van der Waals surface area (Å²) in [6.45, 7) is 2.65. The molecule has 1 saturated carbocycles. The van der Waals surface area contributed by atoms with Crippen LogP contribution in [0.4, 0.5) is 0 Å². The Kier molecular flexibility index (Phi) is 4.10. The minimum atomic E-state index is -0.0228. The van der Waals surface area contributed by atoms with E-state index in [9.17, 15) is 4.79 Å². The third kappa shape index (κ3) is 2.76. The van der Waals surface area contributed by atoms with Gasteiger partial charge in [-0.15, -0.1) is 0 Å². The zero-order valence-corrected chi connectivity index (χ0v) is 12.6. The first-order chi connectivity index (χ1) is 8.56. The summed E-state index contributed by atoms with van der Waals surface area (Å²) in [5.74, 6) is -0.0228. The van der Waals surface area contributed by atoms with E-state index in [0.29, 0.717) is 5.69 Å². The molecule has 1 fully saturated rings. The SMILES string of the molecule is Cc1cc(C(=O)NCC2(CBr)CCCC2)n(C)n1. The van der Waals surface area contributed by atoms with E-state index in [-0.39, 0.29) is 11.3 Å². The number of carbonyl (C=O) groups excluding carboxylic acids is 1. The zero-order valence-electron chi connectivity index (χ0n) is 11.0. The Morgan fingerprint density at radius 3 is 2.72 bits per heavy atom. The molecule has 1 aliphatic rings. The molecule has 1 amide bonds. The Morgan fingerprint density at radius 2 is 2.22 bits per heavy atom. The maximum absolute atomic E-state index is 12.1. The summed E-state index contributed by atoms with van der Waals surface area (Å²) in [7, 11) is 1.80. The standard InChI is InChI=1S/C13H20BrN3O/c1-10-7-11(17(2)16-10)12(18)15-9-13(8-14)5-3-4-6-13/h7H,3-6,8-9H2,1-2H3,(H,15,18). The number of nitrogens with one attached hydrogen (secondary N) is 1. The van der Waals surface area contributed by atoms with Gasteiger partial charge in [-0.3, -0.25) is 9.48 Å². The van der Waals surface area contributed by atoms with Gasteiger partial charge in [-0.05, 0) is 31.2 Å². The molecule has 18 heavy (non-hydrogen) atoms. The van der Waals surface area contributed by atoms with Crippen molar-refractivity contribution in [3.8, 4) is 0 Å². The van der Waals surface area contributed by atoms with Crippen LogP contribution in [0, 0.1) is 12.3 Å². The Bertz CT molecular complexity index is 435. The lowest BCUT2D eigenvalue weighted by atomic mass is 9.89. The molecule has 0 saturated heterocycles. The van der Waals surface area contributed by atoms with Crippen molar-refractivity contribution in [3.63, 3.8) is 0 Å². The van der Waals surface area contributed by atoms with Crippen LogP contribution in [0.3, 0.4) is 0 Å². The number of nitrogens with zero attached hydrogens (tertiary/aromatic N) is 2. The summed E-state index contributed by atoms with van der Waals surface area (Å²) in [6.07, 6.45) is 4.93. The highest BCUT2D eigenvalue weighted by Crippen LogP contribution is 2.38. The van der Waals surface area contributed by atoms with Crippen LogP contribution in [0.25, 0.3) is 0 Å².